The van der Waals surface area contributed by atoms with Crippen molar-refractivity contribution < 1.29 is 9.52 Å². The molecule has 0 bridgehead atoms. The van der Waals surface area contributed by atoms with E-state index in [9.17, 15) is 4.79 Å². The van der Waals surface area contributed by atoms with Crippen LogP contribution in [0.4, 0.5) is 5.69 Å². The van der Waals surface area contributed by atoms with Gasteiger partial charge in [0.25, 0.3) is 0 Å². The van der Waals surface area contributed by atoms with Crippen LogP contribution in [0.1, 0.15) is 0 Å². The van der Waals surface area contributed by atoms with Crippen molar-refractivity contribution in [3.8, 4) is 5.75 Å². The average molecular weight is 247 g/mol. The van der Waals surface area contributed by atoms with Crippen LogP contribution in [0.5, 0.6) is 5.75 Å². The average Bonchev–Trinajstić information content (AvgIpc) is 2.32. The zero-order valence-electron chi connectivity index (χ0n) is 8.86. The Bertz CT molecular complexity index is 710. The predicted octanol–water partition coefficient (Wildman–Crippen LogP) is 2.56. The zero-order valence-corrected chi connectivity index (χ0v) is 8.86. The fourth-order valence-corrected chi connectivity index (χ4v) is 1.21. The lowest BCUT2D eigenvalue weighted by molar-refractivity contribution is 0.473. The van der Waals surface area contributed by atoms with Crippen LogP contribution in [0.15, 0.2) is 38.6 Å². The Morgan fingerprint density at radius 1 is 1.33 bits per heavy atom. The fourth-order valence-electron chi connectivity index (χ4n) is 1.21. The van der Waals surface area contributed by atoms with E-state index in [0.29, 0.717) is 5.39 Å². The number of benzene rings is 1. The number of nitrogens with one attached hydrogen (secondary N) is 2. The lowest BCUT2D eigenvalue weighted by Crippen LogP contribution is -1.96. The van der Waals surface area contributed by atoms with E-state index in [4.69, 9.17) is 26.1 Å². The topological polar surface area (TPSA) is 161 Å². The van der Waals surface area contributed by atoms with Crippen molar-refractivity contribution in [3.63, 3.8) is 0 Å². The van der Waals surface area contributed by atoms with Crippen molar-refractivity contribution in [3.05, 3.63) is 45.1 Å². The summed E-state index contributed by atoms with van der Waals surface area (Å²) in [4.78, 5) is 15.7. The molecule has 2 aromatic rings. The second kappa shape index (κ2) is 5.80. The summed E-state index contributed by atoms with van der Waals surface area (Å²) in [6.07, 6.45) is 0. The van der Waals surface area contributed by atoms with E-state index in [1.54, 1.807) is 6.07 Å². The number of nitrogens with zero attached hydrogens (tertiary/aromatic N) is 4. The first-order valence-electron chi connectivity index (χ1n) is 4.47. The van der Waals surface area contributed by atoms with Gasteiger partial charge in [-0.15, -0.1) is 0 Å². The maximum absolute atomic E-state index is 11.2. The summed E-state index contributed by atoms with van der Waals surface area (Å²) in [6.45, 7) is 0. The highest BCUT2D eigenvalue weighted by Gasteiger charge is 2.03. The molecule has 18 heavy (non-hydrogen) atoms. The van der Waals surface area contributed by atoms with Crippen LogP contribution >= 0.6 is 0 Å². The molecule has 0 saturated carbocycles. The number of aromatic hydroxyl groups is 1. The van der Waals surface area contributed by atoms with Crippen LogP contribution in [0.3, 0.4) is 0 Å². The number of hydrogen-bond acceptors (Lipinski definition) is 6. The van der Waals surface area contributed by atoms with Gasteiger partial charge in [-0.3, -0.25) is 0 Å². The highest BCUT2D eigenvalue weighted by molar-refractivity contribution is 5.80. The SMILES string of the molecule is N=[N+]=N.[N-]=[N+]=Nc1cc2ccc(O)cc2oc1=O. The van der Waals surface area contributed by atoms with Crippen molar-refractivity contribution in [1.82, 2.24) is 4.91 Å². The predicted molar refractivity (Wildman–Crippen MR) is 60.5 cm³/mol. The summed E-state index contributed by atoms with van der Waals surface area (Å²) >= 11 is 0. The van der Waals surface area contributed by atoms with E-state index in [0.717, 1.165) is 0 Å². The second-order valence-corrected chi connectivity index (χ2v) is 2.94. The van der Waals surface area contributed by atoms with Gasteiger partial charge in [-0.25, -0.2) is 4.79 Å². The molecule has 3 N–H and O–H groups in total. The van der Waals surface area contributed by atoms with Crippen molar-refractivity contribution in [2.75, 3.05) is 0 Å². The van der Waals surface area contributed by atoms with Crippen molar-refractivity contribution in [1.29, 1.82) is 11.1 Å². The molecule has 1 aromatic heterocycles. The number of rotatable bonds is 1. The molecule has 0 amide bonds. The minimum Gasteiger partial charge on any atom is -0.508 e. The molecule has 0 aliphatic rings. The van der Waals surface area contributed by atoms with E-state index in [2.05, 4.69) is 10.0 Å². The first kappa shape index (κ1) is 12.9. The summed E-state index contributed by atoms with van der Waals surface area (Å²) < 4.78 is 4.85. The lowest BCUT2D eigenvalue weighted by Gasteiger charge is -1.97. The van der Waals surface area contributed by atoms with Crippen molar-refractivity contribution >= 4 is 16.7 Å². The third kappa shape index (κ3) is 2.92. The van der Waals surface area contributed by atoms with Crippen LogP contribution in [0.25, 0.3) is 21.4 Å². The van der Waals surface area contributed by atoms with Gasteiger partial charge in [-0.1, -0.05) is 5.11 Å². The molecule has 0 atom stereocenters. The van der Waals surface area contributed by atoms with Gasteiger partial charge >= 0.3 is 5.63 Å². The van der Waals surface area contributed by atoms with Gasteiger partial charge < -0.3 is 9.52 Å². The van der Waals surface area contributed by atoms with Crippen molar-refractivity contribution in [2.45, 2.75) is 0 Å². The summed E-state index contributed by atoms with van der Waals surface area (Å²) in [6, 6.07) is 5.73. The number of hydrogen-bond donors (Lipinski definition) is 3. The molecule has 0 radical (unpaired) electrons. The summed E-state index contributed by atoms with van der Waals surface area (Å²) in [5.41, 5.74) is 18.6. The Hall–Kier alpha value is -3.15. The zero-order chi connectivity index (χ0) is 13.5. The van der Waals surface area contributed by atoms with E-state index < -0.39 is 5.63 Å². The molecular weight excluding hydrogens is 240 g/mol. The summed E-state index contributed by atoms with van der Waals surface area (Å²) in [7, 11) is 0. The molecule has 2 rings (SSSR count). The first-order valence-corrected chi connectivity index (χ1v) is 4.47. The Morgan fingerprint density at radius 2 is 2.00 bits per heavy atom. The molecule has 0 aliphatic heterocycles. The molecule has 0 saturated heterocycles. The Morgan fingerprint density at radius 3 is 2.61 bits per heavy atom. The molecule has 1 heterocycles. The maximum Gasteiger partial charge on any atom is 0.345 e. The van der Waals surface area contributed by atoms with E-state index in [1.165, 1.54) is 18.2 Å². The molecule has 9 nitrogen and oxygen atoms in total. The van der Waals surface area contributed by atoms with Crippen LogP contribution in [-0.4, -0.2) is 5.11 Å². The smallest absolute Gasteiger partial charge is 0.345 e. The fraction of sp³-hybridized carbons (Fsp3) is 0. The molecule has 9 heteroatoms. The van der Waals surface area contributed by atoms with Gasteiger partial charge in [-0.2, -0.15) is 0 Å². The standard InChI is InChI=1S/C9H5N3O3.H2N3/c10-12-11-7-3-5-1-2-6(13)4-8(5)15-9(7)14;1-3-2/h1-4,13H;1-2H/q;+1. The van der Waals surface area contributed by atoms with Crippen LogP contribution in [0.2, 0.25) is 0 Å². The Balaban J connectivity index is 0.000000492. The van der Waals surface area contributed by atoms with Crippen molar-refractivity contribution in [2.24, 2.45) is 5.11 Å². The van der Waals surface area contributed by atoms with Gasteiger partial charge in [0.2, 0.25) is 4.91 Å². The van der Waals surface area contributed by atoms with Crippen LogP contribution in [-0.2, 0) is 0 Å². The first-order chi connectivity index (χ1) is 8.62. The normalized spacial score (nSPS) is 8.67. The van der Waals surface area contributed by atoms with E-state index in [-0.39, 0.29) is 17.0 Å². The van der Waals surface area contributed by atoms with E-state index >= 15 is 0 Å². The largest absolute Gasteiger partial charge is 0.508 e. The number of fused-ring (bicyclic) bond motifs is 1. The van der Waals surface area contributed by atoms with Gasteiger partial charge in [0.1, 0.15) is 28.1 Å². The number of phenolic OH excluding ortho intramolecular Hbond substituents is 1. The van der Waals surface area contributed by atoms with E-state index in [1.807, 2.05) is 4.91 Å². The molecule has 0 fully saturated rings. The molecule has 1 aromatic carbocycles. The maximum atomic E-state index is 11.2. The Kier molecular flexibility index (Phi) is 4.17. The third-order valence-electron chi connectivity index (χ3n) is 1.85. The minimum atomic E-state index is -0.731. The van der Waals surface area contributed by atoms with Gasteiger partial charge in [0.05, 0.1) is 0 Å². The minimum absolute atomic E-state index is 0.00202. The molecule has 0 unspecified atom stereocenters. The molecule has 90 valence electrons. The van der Waals surface area contributed by atoms with Crippen LogP contribution in [0, 0.1) is 11.1 Å². The second-order valence-electron chi connectivity index (χ2n) is 2.94. The lowest BCUT2D eigenvalue weighted by atomic mass is 10.2. The third-order valence-corrected chi connectivity index (χ3v) is 1.85. The number of azide groups is 1. The van der Waals surface area contributed by atoms with Crippen LogP contribution < -0.4 is 10.5 Å². The highest BCUT2D eigenvalue weighted by Crippen LogP contribution is 2.21. The summed E-state index contributed by atoms with van der Waals surface area (Å²) in [5, 5.41) is 12.9. The highest BCUT2D eigenvalue weighted by atomic mass is 16.4. The quantitative estimate of drug-likeness (QED) is 0.306. The Labute approximate surface area is 98.9 Å². The summed E-state index contributed by atoms with van der Waals surface area (Å²) in [5.74, 6) is 0.00202. The molecule has 0 spiro atoms. The monoisotopic (exact) mass is 247 g/mol. The number of phenols is 1. The van der Waals surface area contributed by atoms with Gasteiger partial charge in [0, 0.05) is 16.4 Å². The molecular formula is C9H7N6O3+. The molecule has 0 aliphatic carbocycles. The van der Waals surface area contributed by atoms with Gasteiger partial charge in [-0.05, 0) is 23.7 Å². The van der Waals surface area contributed by atoms with Gasteiger partial charge in [0.15, 0.2) is 0 Å².